The fourth-order valence-corrected chi connectivity index (χ4v) is 4.75. The molecule has 4 aromatic rings. The number of halogens is 5. The number of carbonyl (C=O) groups is 2. The fourth-order valence-electron chi connectivity index (χ4n) is 4.23. The summed E-state index contributed by atoms with van der Waals surface area (Å²) in [4.78, 5) is 26.6. The summed E-state index contributed by atoms with van der Waals surface area (Å²) in [5.41, 5.74) is 1.70. The van der Waals surface area contributed by atoms with Gasteiger partial charge in [0.15, 0.2) is 0 Å². The normalized spacial score (nSPS) is 11.2. The Morgan fingerprint density at radius 3 is 2.17 bits per heavy atom. The highest BCUT2D eigenvalue weighted by molar-refractivity contribution is 6.35. The molecule has 42 heavy (non-hydrogen) atoms. The summed E-state index contributed by atoms with van der Waals surface area (Å²) >= 11 is 12.2. The van der Waals surface area contributed by atoms with Gasteiger partial charge in [0.05, 0.1) is 0 Å². The molecule has 0 radical (unpaired) electrons. The molecular weight excluding hydrogens is 594 g/mol. The van der Waals surface area contributed by atoms with Gasteiger partial charge in [-0.3, -0.25) is 4.79 Å². The van der Waals surface area contributed by atoms with E-state index in [1.807, 2.05) is 0 Å². The van der Waals surface area contributed by atoms with Crippen molar-refractivity contribution < 1.29 is 37.3 Å². The minimum absolute atomic E-state index is 0.0223. The average molecular weight is 618 g/mol. The molecular formula is C31H24Cl2F3NO5. The van der Waals surface area contributed by atoms with Crippen LogP contribution in [0.1, 0.15) is 38.3 Å². The van der Waals surface area contributed by atoms with Crippen LogP contribution in [0.5, 0.6) is 17.2 Å². The maximum atomic E-state index is 13.5. The molecule has 0 spiro atoms. The number of alkyl halides is 3. The summed E-state index contributed by atoms with van der Waals surface area (Å²) in [5.74, 6) is -1.15. The van der Waals surface area contributed by atoms with E-state index in [1.54, 1.807) is 53.4 Å². The summed E-state index contributed by atoms with van der Waals surface area (Å²) in [6.07, 6.45) is -3.95. The average Bonchev–Trinajstić information content (AvgIpc) is 2.92. The summed E-state index contributed by atoms with van der Waals surface area (Å²) in [6, 6.07) is 23.3. The number of hydrogen-bond acceptors (Lipinski definition) is 4. The van der Waals surface area contributed by atoms with E-state index in [-0.39, 0.29) is 36.1 Å². The van der Waals surface area contributed by atoms with Gasteiger partial charge in [-0.15, -0.1) is 13.2 Å². The summed E-state index contributed by atoms with van der Waals surface area (Å²) in [5, 5.41) is 9.99. The van der Waals surface area contributed by atoms with Gasteiger partial charge in [-0.2, -0.15) is 0 Å². The van der Waals surface area contributed by atoms with Gasteiger partial charge in [0.1, 0.15) is 22.8 Å². The lowest BCUT2D eigenvalue weighted by molar-refractivity contribution is -0.274. The number of hydrogen-bond donors (Lipinski definition) is 1. The number of amides is 1. The van der Waals surface area contributed by atoms with E-state index >= 15 is 0 Å². The first-order valence-corrected chi connectivity index (χ1v) is 13.4. The molecule has 218 valence electrons. The van der Waals surface area contributed by atoms with Crippen LogP contribution in [0.4, 0.5) is 13.2 Å². The molecule has 0 aromatic heterocycles. The van der Waals surface area contributed by atoms with Crippen LogP contribution in [0.2, 0.25) is 10.0 Å². The zero-order chi connectivity index (χ0) is 30.3. The molecule has 0 aliphatic carbocycles. The maximum absolute atomic E-state index is 13.5. The Balaban J connectivity index is 1.49. The molecule has 4 aromatic carbocycles. The zero-order valence-corrected chi connectivity index (χ0v) is 23.4. The highest BCUT2D eigenvalue weighted by atomic mass is 35.5. The third-order valence-electron chi connectivity index (χ3n) is 6.06. The minimum Gasteiger partial charge on any atom is -0.478 e. The van der Waals surface area contributed by atoms with Crippen LogP contribution in [-0.4, -0.2) is 34.8 Å². The van der Waals surface area contributed by atoms with E-state index in [9.17, 15) is 27.9 Å². The summed E-state index contributed by atoms with van der Waals surface area (Å²) in [6.45, 7) is 0.476. The lowest BCUT2D eigenvalue weighted by Gasteiger charge is -2.23. The predicted molar refractivity (Wildman–Crippen MR) is 153 cm³/mol. The molecule has 0 saturated carbocycles. The minimum atomic E-state index is -4.79. The molecule has 0 saturated heterocycles. The lowest BCUT2D eigenvalue weighted by Crippen LogP contribution is -2.31. The molecule has 0 aliphatic rings. The first kappa shape index (κ1) is 30.7. The van der Waals surface area contributed by atoms with E-state index in [0.29, 0.717) is 39.8 Å². The van der Waals surface area contributed by atoms with E-state index in [0.717, 1.165) is 5.56 Å². The third kappa shape index (κ3) is 8.89. The number of nitrogens with zero attached hydrogens (tertiary/aromatic N) is 1. The monoisotopic (exact) mass is 617 g/mol. The standard InChI is InChI=1S/C31H24Cl2F3NO5/c32-23-16-22(17-24(33)18-23)29(38)37(14-4-6-20-5-3-7-26(15-20)42-31(34,35)36)19-21-10-12-25(13-11-21)41-28-9-2-1-8-27(28)30(39)40/h1-3,5,7-13,15-18H,4,6,14,19H2,(H,39,40). The summed E-state index contributed by atoms with van der Waals surface area (Å²) in [7, 11) is 0. The van der Waals surface area contributed by atoms with Crippen molar-refractivity contribution in [2.24, 2.45) is 0 Å². The van der Waals surface area contributed by atoms with Crippen molar-refractivity contribution in [3.8, 4) is 17.2 Å². The lowest BCUT2D eigenvalue weighted by atomic mass is 10.1. The van der Waals surface area contributed by atoms with Gasteiger partial charge in [0.25, 0.3) is 5.91 Å². The highest BCUT2D eigenvalue weighted by Crippen LogP contribution is 2.27. The number of rotatable bonds is 11. The van der Waals surface area contributed by atoms with Crippen LogP contribution < -0.4 is 9.47 Å². The Morgan fingerprint density at radius 2 is 1.50 bits per heavy atom. The first-order valence-electron chi connectivity index (χ1n) is 12.7. The van der Waals surface area contributed by atoms with Crippen LogP contribution >= 0.6 is 23.2 Å². The number of aromatic carboxylic acids is 1. The molecule has 4 rings (SSSR count). The second kappa shape index (κ2) is 13.6. The molecule has 11 heteroatoms. The smallest absolute Gasteiger partial charge is 0.478 e. The van der Waals surface area contributed by atoms with Crippen molar-refractivity contribution in [2.45, 2.75) is 25.7 Å². The number of carbonyl (C=O) groups excluding carboxylic acids is 1. The number of benzene rings is 4. The quantitative estimate of drug-likeness (QED) is 0.182. The number of carboxylic acids is 1. The first-order chi connectivity index (χ1) is 20.0. The van der Waals surface area contributed by atoms with Crippen LogP contribution in [0, 0.1) is 0 Å². The Kier molecular flexibility index (Phi) is 9.98. The second-order valence-electron chi connectivity index (χ2n) is 9.23. The molecule has 1 N–H and O–H groups in total. The van der Waals surface area contributed by atoms with Crippen molar-refractivity contribution in [2.75, 3.05) is 6.54 Å². The van der Waals surface area contributed by atoms with E-state index < -0.39 is 12.3 Å². The van der Waals surface area contributed by atoms with Gasteiger partial charge < -0.3 is 19.5 Å². The van der Waals surface area contributed by atoms with Crippen molar-refractivity contribution in [1.82, 2.24) is 4.90 Å². The maximum Gasteiger partial charge on any atom is 0.573 e. The Hall–Kier alpha value is -4.21. The van der Waals surface area contributed by atoms with Crippen LogP contribution in [-0.2, 0) is 13.0 Å². The van der Waals surface area contributed by atoms with Gasteiger partial charge in [-0.05, 0) is 78.6 Å². The van der Waals surface area contributed by atoms with Crippen molar-refractivity contribution in [3.63, 3.8) is 0 Å². The zero-order valence-electron chi connectivity index (χ0n) is 21.9. The molecule has 0 aliphatic heterocycles. The largest absolute Gasteiger partial charge is 0.573 e. The van der Waals surface area contributed by atoms with E-state index in [2.05, 4.69) is 4.74 Å². The van der Waals surface area contributed by atoms with Crippen LogP contribution in [0.15, 0.2) is 91.0 Å². The number of aryl methyl sites for hydroxylation is 1. The highest BCUT2D eigenvalue weighted by Gasteiger charge is 2.31. The molecule has 6 nitrogen and oxygen atoms in total. The SMILES string of the molecule is O=C(O)c1ccccc1Oc1ccc(CN(CCCc2cccc(OC(F)(F)F)c2)C(=O)c2cc(Cl)cc(Cl)c2)cc1. The van der Waals surface area contributed by atoms with Gasteiger partial charge in [-0.1, -0.05) is 59.6 Å². The Bertz CT molecular complexity index is 1540. The van der Waals surface area contributed by atoms with Crippen molar-refractivity contribution >= 4 is 35.1 Å². The van der Waals surface area contributed by atoms with Crippen molar-refractivity contribution in [1.29, 1.82) is 0 Å². The van der Waals surface area contributed by atoms with Gasteiger partial charge in [0, 0.05) is 28.7 Å². The topological polar surface area (TPSA) is 76.1 Å². The summed E-state index contributed by atoms with van der Waals surface area (Å²) < 4.78 is 47.6. The van der Waals surface area contributed by atoms with Gasteiger partial charge in [0.2, 0.25) is 0 Å². The van der Waals surface area contributed by atoms with E-state index in [4.69, 9.17) is 27.9 Å². The third-order valence-corrected chi connectivity index (χ3v) is 6.50. The van der Waals surface area contributed by atoms with E-state index in [1.165, 1.54) is 42.5 Å². The number of ether oxygens (including phenoxy) is 2. The van der Waals surface area contributed by atoms with Crippen LogP contribution in [0.3, 0.4) is 0 Å². The Morgan fingerprint density at radius 1 is 0.810 bits per heavy atom. The number of carboxylic acid groups (broad SMARTS) is 1. The molecule has 1 amide bonds. The fraction of sp³-hybridized carbons (Fsp3) is 0.161. The number of para-hydroxylation sites is 1. The van der Waals surface area contributed by atoms with Gasteiger partial charge in [-0.25, -0.2) is 4.79 Å². The van der Waals surface area contributed by atoms with Crippen LogP contribution in [0.25, 0.3) is 0 Å². The molecule has 0 heterocycles. The molecule has 0 atom stereocenters. The molecule has 0 fully saturated rings. The second-order valence-corrected chi connectivity index (χ2v) is 10.1. The van der Waals surface area contributed by atoms with Crippen molar-refractivity contribution in [3.05, 3.63) is 123 Å². The Labute approximate surface area is 249 Å². The predicted octanol–water partition coefficient (Wildman–Crippen LogP) is 8.66. The molecule has 0 unspecified atom stereocenters. The molecule has 0 bridgehead atoms. The van der Waals surface area contributed by atoms with Gasteiger partial charge >= 0.3 is 12.3 Å².